The van der Waals surface area contributed by atoms with Crippen LogP contribution in [0.1, 0.15) is 65.0 Å². The lowest BCUT2D eigenvalue weighted by Crippen LogP contribution is -2.23. The molecular weight excluding hydrogens is 215 g/mol. The minimum atomic E-state index is -0.289. The summed E-state index contributed by atoms with van der Waals surface area (Å²) >= 11 is 0. The van der Waals surface area contributed by atoms with Gasteiger partial charge >= 0.3 is 0 Å². The topological polar surface area (TPSA) is 25.8 Å². The third-order valence-corrected chi connectivity index (χ3v) is 3.60. The molecule has 0 fully saturated rings. The molecule has 0 saturated heterocycles. The van der Waals surface area contributed by atoms with Crippen molar-refractivity contribution in [2.24, 2.45) is 0 Å². The SMILES string of the molecule is CCCCCCC(C)(CC)c1cc(F)cnn1. The zero-order valence-electron chi connectivity index (χ0n) is 11.2. The molecule has 0 radical (unpaired) electrons. The molecule has 0 aliphatic carbocycles. The van der Waals surface area contributed by atoms with Gasteiger partial charge in [-0.15, -0.1) is 0 Å². The van der Waals surface area contributed by atoms with Crippen molar-refractivity contribution in [2.75, 3.05) is 0 Å². The predicted molar refractivity (Wildman–Crippen MR) is 68.4 cm³/mol. The normalized spacial score (nSPS) is 14.6. The van der Waals surface area contributed by atoms with Crippen LogP contribution in [0.5, 0.6) is 0 Å². The molecular formula is C14H23FN2. The van der Waals surface area contributed by atoms with Crippen LogP contribution in [-0.2, 0) is 5.41 Å². The van der Waals surface area contributed by atoms with Gasteiger partial charge in [-0.3, -0.25) is 0 Å². The average molecular weight is 238 g/mol. The molecule has 0 saturated carbocycles. The number of rotatable bonds is 7. The highest BCUT2D eigenvalue weighted by molar-refractivity contribution is 5.14. The second-order valence-corrected chi connectivity index (χ2v) is 4.98. The Bertz CT molecular complexity index is 341. The van der Waals surface area contributed by atoms with E-state index < -0.39 is 0 Å². The lowest BCUT2D eigenvalue weighted by Gasteiger charge is -2.27. The van der Waals surface area contributed by atoms with E-state index in [1.54, 1.807) is 0 Å². The molecule has 96 valence electrons. The summed E-state index contributed by atoms with van der Waals surface area (Å²) in [4.78, 5) is 0. The van der Waals surface area contributed by atoms with Crippen molar-refractivity contribution in [1.82, 2.24) is 10.2 Å². The van der Waals surface area contributed by atoms with Crippen molar-refractivity contribution >= 4 is 0 Å². The van der Waals surface area contributed by atoms with E-state index in [-0.39, 0.29) is 11.2 Å². The lowest BCUT2D eigenvalue weighted by atomic mass is 9.79. The molecule has 0 amide bonds. The molecule has 0 N–H and O–H groups in total. The van der Waals surface area contributed by atoms with Gasteiger partial charge in [0.2, 0.25) is 0 Å². The largest absolute Gasteiger partial charge is 0.205 e. The summed E-state index contributed by atoms with van der Waals surface area (Å²) in [6.07, 6.45) is 8.12. The Morgan fingerprint density at radius 2 is 2.00 bits per heavy atom. The molecule has 3 heteroatoms. The van der Waals surface area contributed by atoms with Gasteiger partial charge in [0.25, 0.3) is 0 Å². The second-order valence-electron chi connectivity index (χ2n) is 4.98. The molecule has 1 aromatic rings. The number of halogens is 1. The Kier molecular flexibility index (Phi) is 5.52. The summed E-state index contributed by atoms with van der Waals surface area (Å²) in [6, 6.07) is 1.52. The van der Waals surface area contributed by atoms with Gasteiger partial charge in [-0.25, -0.2) is 4.39 Å². The molecule has 1 aromatic heterocycles. The minimum absolute atomic E-state index is 0.0388. The number of hydrogen-bond acceptors (Lipinski definition) is 2. The summed E-state index contributed by atoms with van der Waals surface area (Å²) in [7, 11) is 0. The molecule has 0 aliphatic rings. The molecule has 0 bridgehead atoms. The van der Waals surface area contributed by atoms with Gasteiger partial charge in [-0.05, 0) is 18.9 Å². The van der Waals surface area contributed by atoms with Gasteiger partial charge in [0.15, 0.2) is 0 Å². The Balaban J connectivity index is 2.67. The fourth-order valence-electron chi connectivity index (χ4n) is 2.07. The molecule has 1 heterocycles. The first kappa shape index (κ1) is 14.1. The van der Waals surface area contributed by atoms with Gasteiger partial charge in [-0.2, -0.15) is 10.2 Å². The average Bonchev–Trinajstić information content (AvgIpc) is 2.34. The van der Waals surface area contributed by atoms with Crippen LogP contribution in [0.4, 0.5) is 4.39 Å². The van der Waals surface area contributed by atoms with Gasteiger partial charge in [0.05, 0.1) is 11.9 Å². The summed E-state index contributed by atoms with van der Waals surface area (Å²) in [5.74, 6) is -0.289. The molecule has 0 aliphatic heterocycles. The van der Waals surface area contributed by atoms with Crippen LogP contribution in [0.25, 0.3) is 0 Å². The maximum atomic E-state index is 13.2. The van der Waals surface area contributed by atoms with Crippen molar-refractivity contribution in [2.45, 2.75) is 64.7 Å². The maximum absolute atomic E-state index is 13.2. The zero-order chi connectivity index (χ0) is 12.7. The van der Waals surface area contributed by atoms with E-state index in [1.807, 2.05) is 0 Å². The summed E-state index contributed by atoms with van der Waals surface area (Å²) in [5, 5.41) is 7.81. The predicted octanol–water partition coefficient (Wildman–Crippen LogP) is 4.25. The Morgan fingerprint density at radius 1 is 1.24 bits per heavy atom. The summed E-state index contributed by atoms with van der Waals surface area (Å²) in [6.45, 7) is 6.49. The second kappa shape index (κ2) is 6.67. The van der Waals surface area contributed by atoms with Crippen LogP contribution < -0.4 is 0 Å². The Morgan fingerprint density at radius 3 is 2.59 bits per heavy atom. The van der Waals surface area contributed by atoms with E-state index in [9.17, 15) is 4.39 Å². The fourth-order valence-corrected chi connectivity index (χ4v) is 2.07. The number of hydrogen-bond donors (Lipinski definition) is 0. The first-order valence-electron chi connectivity index (χ1n) is 6.61. The smallest absolute Gasteiger partial charge is 0.145 e. The third-order valence-electron chi connectivity index (χ3n) is 3.60. The Labute approximate surface area is 104 Å². The van der Waals surface area contributed by atoms with Gasteiger partial charge in [0.1, 0.15) is 5.82 Å². The van der Waals surface area contributed by atoms with Crippen LogP contribution in [-0.4, -0.2) is 10.2 Å². The van der Waals surface area contributed by atoms with Crippen LogP contribution in [0.2, 0.25) is 0 Å². The quantitative estimate of drug-likeness (QED) is 0.663. The van der Waals surface area contributed by atoms with E-state index in [4.69, 9.17) is 0 Å². The molecule has 0 aromatic carbocycles. The van der Waals surface area contributed by atoms with E-state index in [0.29, 0.717) is 0 Å². The fraction of sp³-hybridized carbons (Fsp3) is 0.714. The summed E-state index contributed by atoms with van der Waals surface area (Å²) in [5.41, 5.74) is 0.750. The number of aromatic nitrogens is 2. The van der Waals surface area contributed by atoms with Crippen LogP contribution >= 0.6 is 0 Å². The molecule has 17 heavy (non-hydrogen) atoms. The van der Waals surface area contributed by atoms with E-state index >= 15 is 0 Å². The first-order chi connectivity index (χ1) is 8.12. The van der Waals surface area contributed by atoms with Crippen molar-refractivity contribution < 1.29 is 4.39 Å². The van der Waals surface area contributed by atoms with Crippen LogP contribution in [0.3, 0.4) is 0 Å². The monoisotopic (exact) mass is 238 g/mol. The highest BCUT2D eigenvalue weighted by Crippen LogP contribution is 2.31. The van der Waals surface area contributed by atoms with Gasteiger partial charge in [0, 0.05) is 5.41 Å². The van der Waals surface area contributed by atoms with Crippen molar-refractivity contribution in [3.8, 4) is 0 Å². The van der Waals surface area contributed by atoms with E-state index in [0.717, 1.165) is 24.7 Å². The van der Waals surface area contributed by atoms with Crippen molar-refractivity contribution in [3.05, 3.63) is 23.8 Å². The van der Waals surface area contributed by atoms with Gasteiger partial charge < -0.3 is 0 Å². The van der Waals surface area contributed by atoms with E-state index in [1.165, 1.54) is 31.7 Å². The number of nitrogens with zero attached hydrogens (tertiary/aromatic N) is 2. The van der Waals surface area contributed by atoms with E-state index in [2.05, 4.69) is 31.0 Å². The third kappa shape index (κ3) is 4.06. The maximum Gasteiger partial charge on any atom is 0.145 e. The van der Waals surface area contributed by atoms with Crippen molar-refractivity contribution in [3.63, 3.8) is 0 Å². The highest BCUT2D eigenvalue weighted by atomic mass is 19.1. The number of unbranched alkanes of at least 4 members (excludes halogenated alkanes) is 3. The molecule has 1 unspecified atom stereocenters. The van der Waals surface area contributed by atoms with Crippen LogP contribution in [0, 0.1) is 5.82 Å². The van der Waals surface area contributed by atoms with Gasteiger partial charge in [-0.1, -0.05) is 46.5 Å². The minimum Gasteiger partial charge on any atom is -0.205 e. The molecule has 2 nitrogen and oxygen atoms in total. The Hall–Kier alpha value is -0.990. The first-order valence-corrected chi connectivity index (χ1v) is 6.61. The summed E-state index contributed by atoms with van der Waals surface area (Å²) < 4.78 is 13.2. The standard InChI is InChI=1S/C14H23FN2/c1-4-6-7-8-9-14(3,5-2)13-10-12(15)11-16-17-13/h10-11H,4-9H2,1-3H3. The molecule has 1 atom stereocenters. The highest BCUT2D eigenvalue weighted by Gasteiger charge is 2.26. The molecule has 1 rings (SSSR count). The van der Waals surface area contributed by atoms with Crippen LogP contribution in [0.15, 0.2) is 12.3 Å². The van der Waals surface area contributed by atoms with Crippen molar-refractivity contribution in [1.29, 1.82) is 0 Å². The molecule has 0 spiro atoms. The lowest BCUT2D eigenvalue weighted by molar-refractivity contribution is 0.379. The zero-order valence-corrected chi connectivity index (χ0v) is 11.2.